The van der Waals surface area contributed by atoms with Gasteiger partial charge in [-0.25, -0.2) is 13.1 Å². The quantitative estimate of drug-likeness (QED) is 0.808. The number of nitrogens with zero attached hydrogens (tertiary/aromatic N) is 3. The van der Waals surface area contributed by atoms with Gasteiger partial charge in [-0.05, 0) is 44.2 Å². The average Bonchev–Trinajstić information content (AvgIpc) is 3.27. The fourth-order valence-electron chi connectivity index (χ4n) is 2.85. The molecule has 1 aliphatic heterocycles. The van der Waals surface area contributed by atoms with Crippen molar-refractivity contribution in [2.24, 2.45) is 0 Å². The molecule has 2 N–H and O–H groups in total. The van der Waals surface area contributed by atoms with E-state index in [0.717, 1.165) is 32.5 Å². The Bertz CT molecular complexity index is 845. The van der Waals surface area contributed by atoms with Crippen LogP contribution in [0.4, 0.5) is 0 Å². The summed E-state index contributed by atoms with van der Waals surface area (Å²) in [5.41, 5.74) is 0.704. The molecule has 1 unspecified atom stereocenters. The maximum absolute atomic E-state index is 12.2. The lowest BCUT2D eigenvalue weighted by Gasteiger charge is -2.30. The number of aromatic nitrogens is 2. The topological polar surface area (TPSA) is 100 Å². The Labute approximate surface area is 146 Å². The van der Waals surface area contributed by atoms with Crippen molar-refractivity contribution in [1.29, 1.82) is 0 Å². The standard InChI is InChI=1S/C16H21N5O3S/c1-21-9-8-17-10-14(21)15-18-16(24-19-15)11-2-6-13(7-3-11)25(22,23)20-12-4-5-12/h2-3,6-7,12,14,17,20H,4-5,8-10H2,1H3. The smallest absolute Gasteiger partial charge is 0.257 e. The Morgan fingerprint density at radius 1 is 1.28 bits per heavy atom. The van der Waals surface area contributed by atoms with E-state index < -0.39 is 10.0 Å². The van der Waals surface area contributed by atoms with Crippen LogP contribution in [0.3, 0.4) is 0 Å². The Balaban J connectivity index is 1.52. The molecule has 2 aliphatic rings. The van der Waals surface area contributed by atoms with Crippen LogP contribution >= 0.6 is 0 Å². The number of likely N-dealkylation sites (N-methyl/N-ethyl adjacent to an activating group) is 1. The van der Waals surface area contributed by atoms with Crippen LogP contribution < -0.4 is 10.0 Å². The minimum absolute atomic E-state index is 0.0774. The van der Waals surface area contributed by atoms with E-state index in [4.69, 9.17) is 4.52 Å². The van der Waals surface area contributed by atoms with E-state index >= 15 is 0 Å². The first-order valence-electron chi connectivity index (χ1n) is 8.40. The Morgan fingerprint density at radius 2 is 2.04 bits per heavy atom. The molecule has 1 saturated heterocycles. The lowest BCUT2D eigenvalue weighted by Crippen LogP contribution is -2.44. The third kappa shape index (κ3) is 3.59. The summed E-state index contributed by atoms with van der Waals surface area (Å²) in [5.74, 6) is 1.03. The zero-order chi connectivity index (χ0) is 17.4. The van der Waals surface area contributed by atoms with E-state index in [-0.39, 0.29) is 17.0 Å². The highest BCUT2D eigenvalue weighted by Gasteiger charge is 2.28. The van der Waals surface area contributed by atoms with Gasteiger partial charge in [0.25, 0.3) is 5.89 Å². The molecule has 1 aromatic heterocycles. The molecule has 1 atom stereocenters. The molecule has 8 nitrogen and oxygen atoms in total. The van der Waals surface area contributed by atoms with Crippen LogP contribution in [0.1, 0.15) is 24.7 Å². The van der Waals surface area contributed by atoms with Gasteiger partial charge in [-0.1, -0.05) is 5.16 Å². The highest BCUT2D eigenvalue weighted by atomic mass is 32.2. The minimum Gasteiger partial charge on any atom is -0.334 e. The van der Waals surface area contributed by atoms with Crippen molar-refractivity contribution in [1.82, 2.24) is 25.1 Å². The summed E-state index contributed by atoms with van der Waals surface area (Å²) in [5, 5.41) is 7.41. The lowest BCUT2D eigenvalue weighted by molar-refractivity contribution is 0.190. The molecule has 1 aromatic carbocycles. The minimum atomic E-state index is -3.45. The highest BCUT2D eigenvalue weighted by molar-refractivity contribution is 7.89. The largest absolute Gasteiger partial charge is 0.334 e. The van der Waals surface area contributed by atoms with Crippen molar-refractivity contribution >= 4 is 10.0 Å². The van der Waals surface area contributed by atoms with Crippen molar-refractivity contribution < 1.29 is 12.9 Å². The highest BCUT2D eigenvalue weighted by Crippen LogP contribution is 2.25. The molecule has 2 heterocycles. The van der Waals surface area contributed by atoms with Crippen LogP contribution in [0.25, 0.3) is 11.5 Å². The van der Waals surface area contributed by atoms with Gasteiger partial charge >= 0.3 is 0 Å². The van der Waals surface area contributed by atoms with Gasteiger partial charge in [0.15, 0.2) is 5.82 Å². The van der Waals surface area contributed by atoms with Crippen LogP contribution in [-0.4, -0.2) is 56.2 Å². The van der Waals surface area contributed by atoms with Gasteiger partial charge in [0.2, 0.25) is 10.0 Å². The summed E-state index contributed by atoms with van der Waals surface area (Å²) in [6.45, 7) is 2.65. The van der Waals surface area contributed by atoms with Gasteiger partial charge in [0.05, 0.1) is 10.9 Å². The second kappa shape index (κ2) is 6.49. The molecule has 1 aliphatic carbocycles. The van der Waals surface area contributed by atoms with Crippen molar-refractivity contribution in [3.63, 3.8) is 0 Å². The molecule has 9 heteroatoms. The zero-order valence-corrected chi connectivity index (χ0v) is 14.8. The van der Waals surface area contributed by atoms with E-state index in [2.05, 4.69) is 25.1 Å². The predicted molar refractivity (Wildman–Crippen MR) is 91.3 cm³/mol. The van der Waals surface area contributed by atoms with Crippen molar-refractivity contribution in [2.75, 3.05) is 26.7 Å². The van der Waals surface area contributed by atoms with Gasteiger partial charge in [-0.3, -0.25) is 4.90 Å². The van der Waals surface area contributed by atoms with Crippen LogP contribution in [0.5, 0.6) is 0 Å². The van der Waals surface area contributed by atoms with Gasteiger partial charge in [0.1, 0.15) is 0 Å². The molecule has 4 rings (SSSR count). The molecule has 134 valence electrons. The Morgan fingerprint density at radius 3 is 2.72 bits per heavy atom. The fourth-order valence-corrected chi connectivity index (χ4v) is 4.15. The molecular weight excluding hydrogens is 342 g/mol. The molecule has 0 bridgehead atoms. The maximum atomic E-state index is 12.2. The van der Waals surface area contributed by atoms with E-state index in [1.807, 2.05) is 7.05 Å². The van der Waals surface area contributed by atoms with E-state index in [1.165, 1.54) is 0 Å². The Hall–Kier alpha value is -1.81. The monoisotopic (exact) mass is 363 g/mol. The van der Waals surface area contributed by atoms with Crippen LogP contribution in [-0.2, 0) is 10.0 Å². The Kier molecular flexibility index (Phi) is 4.32. The first-order chi connectivity index (χ1) is 12.0. The summed E-state index contributed by atoms with van der Waals surface area (Å²) in [7, 11) is -1.41. The first-order valence-corrected chi connectivity index (χ1v) is 9.88. The third-order valence-corrected chi connectivity index (χ3v) is 6.10. The van der Waals surface area contributed by atoms with E-state index in [9.17, 15) is 8.42 Å². The van der Waals surface area contributed by atoms with Crippen LogP contribution in [0.15, 0.2) is 33.7 Å². The van der Waals surface area contributed by atoms with Crippen molar-refractivity contribution in [2.45, 2.75) is 29.8 Å². The first kappa shape index (κ1) is 16.6. The van der Waals surface area contributed by atoms with Gasteiger partial charge in [-0.2, -0.15) is 4.98 Å². The molecule has 0 spiro atoms. The molecule has 0 amide bonds. The molecule has 1 saturated carbocycles. The summed E-state index contributed by atoms with van der Waals surface area (Å²) in [4.78, 5) is 6.91. The van der Waals surface area contributed by atoms with Gasteiger partial charge < -0.3 is 9.84 Å². The van der Waals surface area contributed by atoms with Gasteiger partial charge in [-0.15, -0.1) is 0 Å². The summed E-state index contributed by atoms with van der Waals surface area (Å²) in [6, 6.07) is 6.69. The second-order valence-electron chi connectivity index (χ2n) is 6.58. The third-order valence-electron chi connectivity index (χ3n) is 4.56. The fraction of sp³-hybridized carbons (Fsp3) is 0.500. The van der Waals surface area contributed by atoms with Crippen molar-refractivity contribution in [3.05, 3.63) is 30.1 Å². The molecule has 2 fully saturated rings. The number of nitrogens with one attached hydrogen (secondary N) is 2. The summed E-state index contributed by atoms with van der Waals surface area (Å²) >= 11 is 0. The zero-order valence-electron chi connectivity index (χ0n) is 14.0. The summed E-state index contributed by atoms with van der Waals surface area (Å²) < 4.78 is 32.4. The number of benzene rings is 1. The molecular formula is C16H21N5O3S. The average molecular weight is 363 g/mol. The lowest BCUT2D eigenvalue weighted by atomic mass is 10.2. The number of sulfonamides is 1. The van der Waals surface area contributed by atoms with Crippen LogP contribution in [0, 0.1) is 0 Å². The summed E-state index contributed by atoms with van der Waals surface area (Å²) in [6.07, 6.45) is 1.82. The SMILES string of the molecule is CN1CCNCC1c1noc(-c2ccc(S(=O)(=O)NC3CC3)cc2)n1. The second-order valence-corrected chi connectivity index (χ2v) is 8.29. The maximum Gasteiger partial charge on any atom is 0.257 e. The number of hydrogen-bond acceptors (Lipinski definition) is 7. The van der Waals surface area contributed by atoms with Crippen LogP contribution in [0.2, 0.25) is 0 Å². The molecule has 25 heavy (non-hydrogen) atoms. The van der Waals surface area contributed by atoms with Crippen molar-refractivity contribution in [3.8, 4) is 11.5 Å². The van der Waals surface area contributed by atoms with Gasteiger partial charge in [0, 0.05) is 31.2 Å². The number of rotatable bonds is 5. The number of piperazine rings is 1. The molecule has 0 radical (unpaired) electrons. The number of hydrogen-bond donors (Lipinski definition) is 2. The van der Waals surface area contributed by atoms with E-state index in [1.54, 1.807) is 24.3 Å². The van der Waals surface area contributed by atoms with E-state index in [0.29, 0.717) is 17.3 Å². The predicted octanol–water partition coefficient (Wildman–Crippen LogP) is 0.753. The normalized spacial score (nSPS) is 22.2. The molecule has 2 aromatic rings.